The van der Waals surface area contributed by atoms with Crippen LogP contribution in [0.2, 0.25) is 0 Å². The molecular weight excluding hydrogens is 290 g/mol. The zero-order chi connectivity index (χ0) is 16.4. The second-order valence-corrected chi connectivity index (χ2v) is 5.47. The van der Waals surface area contributed by atoms with Gasteiger partial charge in [-0.15, -0.1) is 0 Å². The maximum absolute atomic E-state index is 12.5. The fourth-order valence-electron chi connectivity index (χ4n) is 3.00. The molecule has 0 aliphatic carbocycles. The van der Waals surface area contributed by atoms with Gasteiger partial charge in [-0.2, -0.15) is 9.83 Å². The minimum absolute atomic E-state index is 0.167. The molecule has 0 radical (unpaired) electrons. The molecule has 0 fully saturated rings. The molecule has 0 spiro atoms. The molecule has 0 saturated heterocycles. The van der Waals surface area contributed by atoms with Crippen LogP contribution < -0.4 is 9.88 Å². The number of aliphatic hydroxyl groups is 1. The number of carbonyl (C=O) groups is 1. The Hall–Kier alpha value is -3.13. The van der Waals surface area contributed by atoms with Crippen LogP contribution in [0, 0.1) is 18.3 Å². The van der Waals surface area contributed by atoms with E-state index in [1.165, 1.54) is 0 Å². The lowest BCUT2D eigenvalue weighted by Crippen LogP contribution is -2.53. The lowest BCUT2D eigenvalue weighted by Gasteiger charge is -2.28. The number of hydrogen-bond acceptors (Lipinski definition) is 3. The molecule has 2 unspecified atom stereocenters. The SMILES string of the molecule is Cc1ccccc1C1C(C#N)=C(O)NC(=O)C1[n+]1ccccc1. The summed E-state index contributed by atoms with van der Waals surface area (Å²) in [7, 11) is 0. The van der Waals surface area contributed by atoms with Gasteiger partial charge in [-0.25, -0.2) is 0 Å². The number of allylic oxidation sites excluding steroid dienone is 1. The molecule has 2 atom stereocenters. The number of aryl methyl sites for hydroxylation is 1. The number of aromatic nitrogens is 1. The number of amides is 1. The van der Waals surface area contributed by atoms with Crippen LogP contribution in [-0.4, -0.2) is 11.0 Å². The van der Waals surface area contributed by atoms with Crippen molar-refractivity contribution in [3.8, 4) is 6.07 Å². The summed E-state index contributed by atoms with van der Waals surface area (Å²) in [5.41, 5.74) is 1.99. The van der Waals surface area contributed by atoms with E-state index in [1.54, 1.807) is 17.0 Å². The Morgan fingerprint density at radius 1 is 1.17 bits per heavy atom. The van der Waals surface area contributed by atoms with E-state index in [9.17, 15) is 15.2 Å². The smallest absolute Gasteiger partial charge is 0.296 e. The van der Waals surface area contributed by atoms with Gasteiger partial charge < -0.3 is 5.11 Å². The van der Waals surface area contributed by atoms with Crippen molar-refractivity contribution in [2.45, 2.75) is 18.9 Å². The van der Waals surface area contributed by atoms with Crippen LogP contribution in [0.1, 0.15) is 23.1 Å². The number of aliphatic hydroxyl groups excluding tert-OH is 1. The van der Waals surface area contributed by atoms with Gasteiger partial charge in [-0.1, -0.05) is 30.3 Å². The van der Waals surface area contributed by atoms with Gasteiger partial charge >= 0.3 is 0 Å². The molecule has 1 aromatic carbocycles. The Labute approximate surface area is 134 Å². The molecule has 0 bridgehead atoms. The first-order valence-corrected chi connectivity index (χ1v) is 7.29. The van der Waals surface area contributed by atoms with E-state index >= 15 is 0 Å². The minimum atomic E-state index is -0.636. The van der Waals surface area contributed by atoms with Gasteiger partial charge in [0, 0.05) is 12.1 Å². The van der Waals surface area contributed by atoms with Gasteiger partial charge in [0.15, 0.2) is 12.4 Å². The monoisotopic (exact) mass is 306 g/mol. The van der Waals surface area contributed by atoms with E-state index < -0.39 is 12.0 Å². The van der Waals surface area contributed by atoms with Crippen molar-refractivity contribution in [3.63, 3.8) is 0 Å². The van der Waals surface area contributed by atoms with Gasteiger partial charge in [-0.3, -0.25) is 10.1 Å². The topological polar surface area (TPSA) is 77.0 Å². The second-order valence-electron chi connectivity index (χ2n) is 5.47. The van der Waals surface area contributed by atoms with Crippen molar-refractivity contribution >= 4 is 5.91 Å². The predicted octanol–water partition coefficient (Wildman–Crippen LogP) is 2.03. The molecule has 3 rings (SSSR count). The summed E-state index contributed by atoms with van der Waals surface area (Å²) >= 11 is 0. The van der Waals surface area contributed by atoms with Crippen LogP contribution >= 0.6 is 0 Å². The van der Waals surface area contributed by atoms with Crippen molar-refractivity contribution in [3.05, 3.63) is 77.4 Å². The van der Waals surface area contributed by atoms with Crippen molar-refractivity contribution in [1.82, 2.24) is 5.32 Å². The number of carbonyl (C=O) groups excluding carboxylic acids is 1. The molecule has 2 heterocycles. The van der Waals surface area contributed by atoms with Crippen LogP contribution in [0.4, 0.5) is 0 Å². The lowest BCUT2D eigenvalue weighted by atomic mass is 9.80. The molecule has 5 nitrogen and oxygen atoms in total. The Morgan fingerprint density at radius 2 is 1.87 bits per heavy atom. The third-order valence-electron chi connectivity index (χ3n) is 4.10. The van der Waals surface area contributed by atoms with E-state index in [0.717, 1.165) is 11.1 Å². The Bertz CT molecular complexity index is 822. The lowest BCUT2D eigenvalue weighted by molar-refractivity contribution is -0.711. The fraction of sp³-hybridized carbons (Fsp3) is 0.167. The summed E-state index contributed by atoms with van der Waals surface area (Å²) < 4.78 is 1.76. The van der Waals surface area contributed by atoms with Gasteiger partial charge in [-0.05, 0) is 18.1 Å². The molecule has 0 saturated carbocycles. The number of pyridine rings is 1. The van der Waals surface area contributed by atoms with E-state index in [0.29, 0.717) is 0 Å². The number of nitrogens with zero attached hydrogens (tertiary/aromatic N) is 2. The van der Waals surface area contributed by atoms with Crippen LogP contribution in [0.15, 0.2) is 66.3 Å². The molecule has 23 heavy (non-hydrogen) atoms. The van der Waals surface area contributed by atoms with Crippen molar-refractivity contribution in [1.29, 1.82) is 5.26 Å². The largest absolute Gasteiger partial charge is 0.494 e. The molecule has 2 aromatic rings. The normalized spacial score (nSPS) is 20.8. The van der Waals surface area contributed by atoms with Crippen molar-refractivity contribution in [2.75, 3.05) is 0 Å². The molecule has 114 valence electrons. The van der Waals surface area contributed by atoms with E-state index in [4.69, 9.17) is 0 Å². The fourth-order valence-corrected chi connectivity index (χ4v) is 3.00. The first-order valence-electron chi connectivity index (χ1n) is 7.29. The molecule has 1 aromatic heterocycles. The molecule has 5 heteroatoms. The maximum atomic E-state index is 12.5. The van der Waals surface area contributed by atoms with E-state index in [1.807, 2.05) is 49.4 Å². The summed E-state index contributed by atoms with van der Waals surface area (Å²) in [5, 5.41) is 22.0. The highest BCUT2D eigenvalue weighted by molar-refractivity contribution is 5.84. The number of hydrogen-bond donors (Lipinski definition) is 2. The third-order valence-corrected chi connectivity index (χ3v) is 4.10. The summed E-state index contributed by atoms with van der Waals surface area (Å²) in [6, 6.07) is 14.5. The molecular formula is C18H16N3O2+. The van der Waals surface area contributed by atoms with Gasteiger partial charge in [0.05, 0.1) is 5.92 Å². The second kappa shape index (κ2) is 5.93. The quantitative estimate of drug-likeness (QED) is 0.833. The summed E-state index contributed by atoms with van der Waals surface area (Å²) in [4.78, 5) is 12.5. The van der Waals surface area contributed by atoms with Gasteiger partial charge in [0.2, 0.25) is 11.9 Å². The zero-order valence-corrected chi connectivity index (χ0v) is 12.6. The van der Waals surface area contributed by atoms with Crippen LogP contribution in [0.3, 0.4) is 0 Å². The Morgan fingerprint density at radius 3 is 2.52 bits per heavy atom. The average Bonchev–Trinajstić information content (AvgIpc) is 2.55. The van der Waals surface area contributed by atoms with Crippen LogP contribution in [0.5, 0.6) is 0 Å². The number of nitrogens with one attached hydrogen (secondary N) is 1. The van der Waals surface area contributed by atoms with Crippen molar-refractivity contribution < 1.29 is 14.5 Å². The summed E-state index contributed by atoms with van der Waals surface area (Å²) in [6.45, 7) is 1.93. The number of nitriles is 1. The molecule has 1 aliphatic heterocycles. The standard InChI is InChI=1S/C18H15N3O2/c1-12-7-3-4-8-13(12)15-14(11-19)17(22)20-18(23)16(15)21-9-5-2-6-10-21/h2-10,15-16H,1H3,(H-,20,22,23)/p+1. The molecule has 2 N–H and O–H groups in total. The van der Waals surface area contributed by atoms with Gasteiger partial charge in [0.1, 0.15) is 11.6 Å². The van der Waals surface area contributed by atoms with E-state index in [2.05, 4.69) is 11.4 Å². The predicted molar refractivity (Wildman–Crippen MR) is 83.0 cm³/mol. The van der Waals surface area contributed by atoms with Crippen molar-refractivity contribution in [2.24, 2.45) is 0 Å². The average molecular weight is 306 g/mol. The maximum Gasteiger partial charge on any atom is 0.296 e. The number of rotatable bonds is 2. The molecule has 1 aliphatic rings. The highest BCUT2D eigenvalue weighted by atomic mass is 16.3. The van der Waals surface area contributed by atoms with Crippen LogP contribution in [0.25, 0.3) is 0 Å². The van der Waals surface area contributed by atoms with Gasteiger partial charge in [0.25, 0.3) is 5.91 Å². The highest BCUT2D eigenvalue weighted by Crippen LogP contribution is 2.37. The number of benzene rings is 1. The Balaban J connectivity index is 2.23. The van der Waals surface area contributed by atoms with E-state index in [-0.39, 0.29) is 17.4 Å². The summed E-state index contributed by atoms with van der Waals surface area (Å²) in [6.07, 6.45) is 3.57. The molecule has 1 amide bonds. The zero-order valence-electron chi connectivity index (χ0n) is 12.6. The minimum Gasteiger partial charge on any atom is -0.494 e. The highest BCUT2D eigenvalue weighted by Gasteiger charge is 2.45. The first kappa shape index (κ1) is 14.8. The summed E-state index contributed by atoms with van der Waals surface area (Å²) in [5.74, 6) is -1.24. The van der Waals surface area contributed by atoms with Crippen LogP contribution in [-0.2, 0) is 4.79 Å². The first-order chi connectivity index (χ1) is 11.1. The third kappa shape index (κ3) is 2.55. The Kier molecular flexibility index (Phi) is 3.82.